The summed E-state index contributed by atoms with van der Waals surface area (Å²) in [5.74, 6) is 0.609. The van der Waals surface area contributed by atoms with Gasteiger partial charge in [0.25, 0.3) is 0 Å². The van der Waals surface area contributed by atoms with Crippen molar-refractivity contribution in [1.82, 2.24) is 9.80 Å². The number of nitrogens with zero attached hydrogens (tertiary/aromatic N) is 2. The molecule has 1 amide bonds. The Morgan fingerprint density at radius 2 is 1.95 bits per heavy atom. The molecule has 1 heterocycles. The van der Waals surface area contributed by atoms with Crippen molar-refractivity contribution >= 4 is 5.91 Å². The molecule has 4 nitrogen and oxygen atoms in total. The van der Waals surface area contributed by atoms with Gasteiger partial charge >= 0.3 is 0 Å². The lowest BCUT2D eigenvalue weighted by molar-refractivity contribution is -0.132. The Morgan fingerprint density at radius 3 is 2.55 bits per heavy atom. The van der Waals surface area contributed by atoms with Gasteiger partial charge in [0.1, 0.15) is 6.04 Å². The summed E-state index contributed by atoms with van der Waals surface area (Å²) in [6.45, 7) is 3.06. The standard InChI is InChI=1S/C16H25N3O/c1-18-10-8-13(9-11-18)12-19(2)16(20)15(17)14-6-4-3-5-7-14/h3-7,13,15H,8-12,17H2,1-2H3. The smallest absolute Gasteiger partial charge is 0.243 e. The van der Waals surface area contributed by atoms with E-state index in [1.54, 1.807) is 4.90 Å². The summed E-state index contributed by atoms with van der Waals surface area (Å²) in [7, 11) is 4.01. The van der Waals surface area contributed by atoms with Crippen LogP contribution < -0.4 is 5.73 Å². The molecule has 2 rings (SSSR count). The fourth-order valence-corrected chi connectivity index (χ4v) is 2.76. The van der Waals surface area contributed by atoms with E-state index in [2.05, 4.69) is 11.9 Å². The highest BCUT2D eigenvalue weighted by molar-refractivity contribution is 5.82. The minimum atomic E-state index is -0.549. The van der Waals surface area contributed by atoms with Crippen molar-refractivity contribution < 1.29 is 4.79 Å². The Labute approximate surface area is 121 Å². The molecule has 110 valence electrons. The van der Waals surface area contributed by atoms with E-state index in [4.69, 9.17) is 5.73 Å². The van der Waals surface area contributed by atoms with Crippen molar-refractivity contribution in [2.24, 2.45) is 11.7 Å². The van der Waals surface area contributed by atoms with Crippen LogP contribution in [0.25, 0.3) is 0 Å². The number of piperidine rings is 1. The number of amides is 1. The zero-order chi connectivity index (χ0) is 14.5. The van der Waals surface area contributed by atoms with Crippen molar-refractivity contribution in [3.63, 3.8) is 0 Å². The normalized spacial score (nSPS) is 18.8. The molecule has 0 aromatic heterocycles. The lowest BCUT2D eigenvalue weighted by Gasteiger charge is -2.32. The molecule has 1 atom stereocenters. The Hall–Kier alpha value is -1.39. The lowest BCUT2D eigenvalue weighted by Crippen LogP contribution is -2.41. The molecule has 1 saturated heterocycles. The predicted molar refractivity (Wildman–Crippen MR) is 81.2 cm³/mol. The van der Waals surface area contributed by atoms with E-state index in [0.29, 0.717) is 5.92 Å². The van der Waals surface area contributed by atoms with E-state index in [1.807, 2.05) is 37.4 Å². The van der Waals surface area contributed by atoms with Gasteiger partial charge in [-0.25, -0.2) is 0 Å². The second kappa shape index (κ2) is 6.86. The monoisotopic (exact) mass is 275 g/mol. The van der Waals surface area contributed by atoms with Crippen LogP contribution in [-0.4, -0.2) is 49.4 Å². The number of likely N-dealkylation sites (N-methyl/N-ethyl adjacent to an activating group) is 1. The first-order chi connectivity index (χ1) is 9.58. The van der Waals surface area contributed by atoms with Crippen molar-refractivity contribution in [3.8, 4) is 0 Å². The lowest BCUT2D eigenvalue weighted by atomic mass is 9.96. The number of benzene rings is 1. The Balaban J connectivity index is 1.88. The van der Waals surface area contributed by atoms with Gasteiger partial charge in [0.15, 0.2) is 0 Å². The molecule has 20 heavy (non-hydrogen) atoms. The van der Waals surface area contributed by atoms with Crippen molar-refractivity contribution in [3.05, 3.63) is 35.9 Å². The van der Waals surface area contributed by atoms with Gasteiger partial charge in [0.05, 0.1) is 0 Å². The molecule has 0 aliphatic carbocycles. The molecule has 1 aliphatic heterocycles. The summed E-state index contributed by atoms with van der Waals surface area (Å²) in [6, 6.07) is 9.03. The van der Waals surface area contributed by atoms with Gasteiger partial charge in [0, 0.05) is 13.6 Å². The highest BCUT2D eigenvalue weighted by Gasteiger charge is 2.24. The van der Waals surface area contributed by atoms with Gasteiger partial charge < -0.3 is 15.5 Å². The molecule has 0 spiro atoms. The minimum Gasteiger partial charge on any atom is -0.344 e. The van der Waals surface area contributed by atoms with E-state index in [-0.39, 0.29) is 5.91 Å². The number of likely N-dealkylation sites (tertiary alicyclic amines) is 1. The van der Waals surface area contributed by atoms with Gasteiger partial charge in [-0.1, -0.05) is 30.3 Å². The first-order valence-corrected chi connectivity index (χ1v) is 7.32. The average Bonchev–Trinajstić information content (AvgIpc) is 2.49. The summed E-state index contributed by atoms with van der Waals surface area (Å²) in [5.41, 5.74) is 6.95. The number of hydrogen-bond donors (Lipinski definition) is 1. The van der Waals surface area contributed by atoms with Crippen LogP contribution in [0, 0.1) is 5.92 Å². The minimum absolute atomic E-state index is 0.00938. The van der Waals surface area contributed by atoms with Gasteiger partial charge in [-0.15, -0.1) is 0 Å². The predicted octanol–water partition coefficient (Wildman–Crippen LogP) is 1.49. The number of hydrogen-bond acceptors (Lipinski definition) is 3. The number of nitrogens with two attached hydrogens (primary N) is 1. The summed E-state index contributed by atoms with van der Waals surface area (Å²) in [6.07, 6.45) is 2.32. The maximum Gasteiger partial charge on any atom is 0.243 e. The van der Waals surface area contributed by atoms with Crippen molar-refractivity contribution in [1.29, 1.82) is 0 Å². The third kappa shape index (κ3) is 3.81. The van der Waals surface area contributed by atoms with Crippen LogP contribution >= 0.6 is 0 Å². The molecule has 0 saturated carbocycles. The highest BCUT2D eigenvalue weighted by atomic mass is 16.2. The van der Waals surface area contributed by atoms with Gasteiger partial charge in [0.2, 0.25) is 5.91 Å². The summed E-state index contributed by atoms with van der Waals surface area (Å²) >= 11 is 0. The van der Waals surface area contributed by atoms with E-state index in [1.165, 1.54) is 0 Å². The average molecular weight is 275 g/mol. The molecule has 2 N–H and O–H groups in total. The summed E-state index contributed by atoms with van der Waals surface area (Å²) in [5, 5.41) is 0. The van der Waals surface area contributed by atoms with Gasteiger partial charge in [-0.2, -0.15) is 0 Å². The highest BCUT2D eigenvalue weighted by Crippen LogP contribution is 2.19. The number of carbonyl (C=O) groups is 1. The molecule has 1 aromatic rings. The Morgan fingerprint density at radius 1 is 1.35 bits per heavy atom. The van der Waals surface area contributed by atoms with E-state index in [9.17, 15) is 4.79 Å². The molecule has 1 aliphatic rings. The SMILES string of the molecule is CN1CCC(CN(C)C(=O)C(N)c2ccccc2)CC1. The van der Waals surface area contributed by atoms with Crippen LogP contribution in [-0.2, 0) is 4.79 Å². The summed E-state index contributed by atoms with van der Waals surface area (Å²) < 4.78 is 0. The van der Waals surface area contributed by atoms with Crippen LogP contribution in [0.4, 0.5) is 0 Å². The second-order valence-electron chi connectivity index (χ2n) is 5.85. The van der Waals surface area contributed by atoms with Crippen LogP contribution in [0.2, 0.25) is 0 Å². The molecule has 4 heteroatoms. The molecule has 1 fully saturated rings. The van der Waals surface area contributed by atoms with Crippen LogP contribution in [0.15, 0.2) is 30.3 Å². The maximum atomic E-state index is 12.4. The largest absolute Gasteiger partial charge is 0.344 e. The van der Waals surface area contributed by atoms with Crippen LogP contribution in [0.5, 0.6) is 0 Å². The Bertz CT molecular complexity index is 427. The second-order valence-corrected chi connectivity index (χ2v) is 5.85. The van der Waals surface area contributed by atoms with Gasteiger partial charge in [-0.05, 0) is 44.5 Å². The Kier molecular flexibility index (Phi) is 5.15. The third-order valence-corrected chi connectivity index (χ3v) is 4.17. The van der Waals surface area contributed by atoms with E-state index < -0.39 is 6.04 Å². The first kappa shape index (κ1) is 15.0. The quantitative estimate of drug-likeness (QED) is 0.905. The third-order valence-electron chi connectivity index (χ3n) is 4.17. The van der Waals surface area contributed by atoms with Crippen LogP contribution in [0.3, 0.4) is 0 Å². The fraction of sp³-hybridized carbons (Fsp3) is 0.562. The number of rotatable bonds is 4. The van der Waals surface area contributed by atoms with Crippen molar-refractivity contribution in [2.45, 2.75) is 18.9 Å². The van der Waals surface area contributed by atoms with E-state index in [0.717, 1.165) is 38.0 Å². The van der Waals surface area contributed by atoms with Gasteiger partial charge in [-0.3, -0.25) is 4.79 Å². The zero-order valence-electron chi connectivity index (χ0n) is 12.5. The zero-order valence-corrected chi connectivity index (χ0v) is 12.5. The maximum absolute atomic E-state index is 12.4. The van der Waals surface area contributed by atoms with Crippen LogP contribution in [0.1, 0.15) is 24.4 Å². The van der Waals surface area contributed by atoms with E-state index >= 15 is 0 Å². The summed E-state index contributed by atoms with van der Waals surface area (Å²) in [4.78, 5) is 16.5. The van der Waals surface area contributed by atoms with Crippen molar-refractivity contribution in [2.75, 3.05) is 33.7 Å². The molecule has 1 unspecified atom stereocenters. The molecule has 0 bridgehead atoms. The number of carbonyl (C=O) groups excluding carboxylic acids is 1. The fourth-order valence-electron chi connectivity index (χ4n) is 2.76. The topological polar surface area (TPSA) is 49.6 Å². The molecule has 1 aromatic carbocycles. The molecular formula is C16H25N3O. The molecule has 0 radical (unpaired) electrons. The molecular weight excluding hydrogens is 250 g/mol. The first-order valence-electron chi connectivity index (χ1n) is 7.32.